The number of hydrogen-bond donors (Lipinski definition) is 1. The van der Waals surface area contributed by atoms with Crippen LogP contribution in [0.4, 0.5) is 0 Å². The number of hydrogen-bond acceptors (Lipinski definition) is 5. The molecule has 8 heteroatoms. The van der Waals surface area contributed by atoms with Crippen molar-refractivity contribution in [2.45, 2.75) is 38.8 Å². The number of aromatic nitrogens is 5. The highest BCUT2D eigenvalue weighted by atomic mass is 16.5. The Bertz CT molecular complexity index is 750. The van der Waals surface area contributed by atoms with Crippen molar-refractivity contribution in [3.63, 3.8) is 0 Å². The minimum atomic E-state index is 0.118. The van der Waals surface area contributed by atoms with E-state index in [-0.39, 0.29) is 11.8 Å². The van der Waals surface area contributed by atoms with Gasteiger partial charge in [-0.2, -0.15) is 10.2 Å². The first kappa shape index (κ1) is 16.3. The van der Waals surface area contributed by atoms with Crippen molar-refractivity contribution in [1.82, 2.24) is 29.9 Å². The van der Waals surface area contributed by atoms with Crippen LogP contribution < -0.4 is 0 Å². The summed E-state index contributed by atoms with van der Waals surface area (Å²) in [6.45, 7) is 4.17. The van der Waals surface area contributed by atoms with E-state index >= 15 is 0 Å². The first-order valence-corrected chi connectivity index (χ1v) is 8.82. The van der Waals surface area contributed by atoms with Crippen LogP contribution in [0, 0.1) is 18.8 Å². The molecule has 2 aliphatic rings. The molecule has 0 radical (unpaired) electrons. The van der Waals surface area contributed by atoms with Crippen LogP contribution in [0.3, 0.4) is 0 Å². The number of likely N-dealkylation sites (tertiary alicyclic amines) is 1. The fraction of sp³-hybridized carbons (Fsp3) is 0.647. The van der Waals surface area contributed by atoms with Gasteiger partial charge in [-0.15, -0.1) is 0 Å². The average molecular weight is 344 g/mol. The van der Waals surface area contributed by atoms with Gasteiger partial charge >= 0.3 is 0 Å². The lowest BCUT2D eigenvalue weighted by atomic mass is 9.91. The second-order valence-corrected chi connectivity index (χ2v) is 7.11. The molecule has 1 aliphatic carbocycles. The number of amides is 1. The topological polar surface area (TPSA) is 88.9 Å². The molecule has 0 spiro atoms. The number of nitrogens with zero attached hydrogens (tertiary/aromatic N) is 5. The Hall–Kier alpha value is -2.22. The van der Waals surface area contributed by atoms with Crippen molar-refractivity contribution >= 4 is 5.91 Å². The van der Waals surface area contributed by atoms with Crippen LogP contribution in [0.1, 0.15) is 36.1 Å². The fourth-order valence-corrected chi connectivity index (χ4v) is 3.78. The number of methoxy groups -OCH3 is 1. The molecule has 1 aliphatic heterocycles. The second kappa shape index (κ2) is 6.59. The van der Waals surface area contributed by atoms with E-state index in [2.05, 4.69) is 20.3 Å². The van der Waals surface area contributed by atoms with E-state index < -0.39 is 0 Å². The van der Waals surface area contributed by atoms with E-state index in [1.54, 1.807) is 18.0 Å². The molecule has 1 saturated carbocycles. The van der Waals surface area contributed by atoms with Gasteiger partial charge in [-0.25, -0.2) is 4.98 Å². The molecule has 8 nitrogen and oxygen atoms in total. The molecular weight excluding hydrogens is 320 g/mol. The van der Waals surface area contributed by atoms with Crippen LogP contribution >= 0.6 is 0 Å². The number of carbonyl (C=O) groups excluding carboxylic acids is 1. The zero-order valence-corrected chi connectivity index (χ0v) is 14.7. The van der Waals surface area contributed by atoms with Crippen LogP contribution in [0.2, 0.25) is 0 Å². The van der Waals surface area contributed by atoms with Crippen LogP contribution in [-0.4, -0.2) is 56.0 Å². The van der Waals surface area contributed by atoms with Crippen molar-refractivity contribution in [3.8, 4) is 0 Å². The summed E-state index contributed by atoms with van der Waals surface area (Å²) in [5.74, 6) is 3.02. The number of H-pyrrole nitrogens is 1. The highest BCUT2D eigenvalue weighted by Gasteiger charge is 2.45. The molecule has 25 heavy (non-hydrogen) atoms. The van der Waals surface area contributed by atoms with Gasteiger partial charge in [-0.1, -0.05) is 0 Å². The minimum absolute atomic E-state index is 0.118. The third-order valence-electron chi connectivity index (χ3n) is 5.32. The normalized spacial score (nSPS) is 23.4. The fourth-order valence-electron chi connectivity index (χ4n) is 3.78. The molecule has 2 aromatic heterocycles. The summed E-state index contributed by atoms with van der Waals surface area (Å²) in [6, 6.07) is 1.91. The molecule has 3 heterocycles. The molecule has 0 bridgehead atoms. The Morgan fingerprint density at radius 3 is 2.92 bits per heavy atom. The predicted octanol–water partition coefficient (Wildman–Crippen LogP) is 1.11. The molecule has 1 N–H and O–H groups in total. The number of aromatic amines is 1. The molecule has 0 unspecified atom stereocenters. The summed E-state index contributed by atoms with van der Waals surface area (Å²) in [4.78, 5) is 19.3. The number of ether oxygens (including phenoxy) is 1. The summed E-state index contributed by atoms with van der Waals surface area (Å²) >= 11 is 0. The molecule has 1 saturated heterocycles. The standard InChI is InChI=1S/C17H24N6O2/c1-11-5-6-18-23(11)9-16(24)22-7-13(12-3-4-12)14(8-22)17-19-15(10-25-2)20-21-17/h5-6,12-14H,3-4,7-10H2,1-2H3,(H,19,20,21)/t13-,14+/m1/s1. The highest BCUT2D eigenvalue weighted by Crippen LogP contribution is 2.47. The maximum atomic E-state index is 12.7. The van der Waals surface area contributed by atoms with E-state index in [1.165, 1.54) is 12.8 Å². The maximum Gasteiger partial charge on any atom is 0.244 e. The maximum absolute atomic E-state index is 12.7. The molecule has 1 amide bonds. The second-order valence-electron chi connectivity index (χ2n) is 7.11. The summed E-state index contributed by atoms with van der Waals surface area (Å²) in [5.41, 5.74) is 1.00. The Morgan fingerprint density at radius 2 is 2.24 bits per heavy atom. The molecule has 2 aromatic rings. The Balaban J connectivity index is 1.48. The van der Waals surface area contributed by atoms with Gasteiger partial charge in [0.2, 0.25) is 5.91 Å². The van der Waals surface area contributed by atoms with Crippen LogP contribution in [0.25, 0.3) is 0 Å². The molecule has 0 aromatic carbocycles. The molecule has 2 fully saturated rings. The first-order chi connectivity index (χ1) is 12.2. The van der Waals surface area contributed by atoms with E-state index in [4.69, 9.17) is 4.74 Å². The SMILES string of the molecule is COCc1nc([C@H]2CN(C(=O)Cn3nccc3C)C[C@@H]2C2CC2)n[nH]1. The van der Waals surface area contributed by atoms with Crippen molar-refractivity contribution in [3.05, 3.63) is 29.6 Å². The number of rotatable bonds is 6. The van der Waals surface area contributed by atoms with Crippen molar-refractivity contribution in [1.29, 1.82) is 0 Å². The van der Waals surface area contributed by atoms with E-state index in [9.17, 15) is 4.79 Å². The Morgan fingerprint density at radius 1 is 1.40 bits per heavy atom. The van der Waals surface area contributed by atoms with Crippen molar-refractivity contribution in [2.75, 3.05) is 20.2 Å². The quantitative estimate of drug-likeness (QED) is 0.848. The molecule has 4 rings (SSSR count). The van der Waals surface area contributed by atoms with Crippen molar-refractivity contribution < 1.29 is 9.53 Å². The lowest BCUT2D eigenvalue weighted by Crippen LogP contribution is -2.32. The predicted molar refractivity (Wildman–Crippen MR) is 89.6 cm³/mol. The molecule has 2 atom stereocenters. The van der Waals surface area contributed by atoms with Gasteiger partial charge < -0.3 is 9.64 Å². The highest BCUT2D eigenvalue weighted by molar-refractivity contribution is 5.76. The van der Waals surface area contributed by atoms with Crippen LogP contribution in [0.15, 0.2) is 12.3 Å². The van der Waals surface area contributed by atoms with Gasteiger partial charge in [0.1, 0.15) is 13.2 Å². The zero-order chi connectivity index (χ0) is 17.4. The Kier molecular flexibility index (Phi) is 4.29. The lowest BCUT2D eigenvalue weighted by Gasteiger charge is -2.16. The van der Waals surface area contributed by atoms with Crippen LogP contribution in [0.5, 0.6) is 0 Å². The van der Waals surface area contributed by atoms with Crippen molar-refractivity contribution in [2.24, 2.45) is 11.8 Å². The van der Waals surface area contributed by atoms with Gasteiger partial charge in [-0.05, 0) is 37.7 Å². The number of nitrogens with one attached hydrogen (secondary N) is 1. The third kappa shape index (κ3) is 3.30. The summed E-state index contributed by atoms with van der Waals surface area (Å²) in [5, 5.41) is 11.6. The lowest BCUT2D eigenvalue weighted by molar-refractivity contribution is -0.131. The van der Waals surface area contributed by atoms with Gasteiger partial charge in [0, 0.05) is 38.0 Å². The van der Waals surface area contributed by atoms with E-state index in [0.29, 0.717) is 31.5 Å². The smallest absolute Gasteiger partial charge is 0.244 e. The summed E-state index contributed by atoms with van der Waals surface area (Å²) in [7, 11) is 1.64. The van der Waals surface area contributed by atoms with Gasteiger partial charge in [0.25, 0.3) is 0 Å². The van der Waals surface area contributed by atoms with Crippen LogP contribution in [-0.2, 0) is 22.7 Å². The molecular formula is C17H24N6O2. The monoisotopic (exact) mass is 344 g/mol. The number of aryl methyl sites for hydroxylation is 1. The van der Waals surface area contributed by atoms with E-state index in [1.807, 2.05) is 17.9 Å². The number of carbonyl (C=O) groups is 1. The summed E-state index contributed by atoms with van der Waals surface area (Å²) in [6.07, 6.45) is 4.22. The Labute approximate surface area is 146 Å². The zero-order valence-electron chi connectivity index (χ0n) is 14.7. The summed E-state index contributed by atoms with van der Waals surface area (Å²) < 4.78 is 6.87. The van der Waals surface area contributed by atoms with Gasteiger partial charge in [-0.3, -0.25) is 14.6 Å². The first-order valence-electron chi connectivity index (χ1n) is 8.82. The van der Waals surface area contributed by atoms with Gasteiger partial charge in [0.15, 0.2) is 11.6 Å². The van der Waals surface area contributed by atoms with E-state index in [0.717, 1.165) is 23.9 Å². The third-order valence-corrected chi connectivity index (χ3v) is 5.32. The largest absolute Gasteiger partial charge is 0.377 e. The minimum Gasteiger partial charge on any atom is -0.377 e. The molecule has 134 valence electrons. The average Bonchev–Trinajstić information content (AvgIpc) is 2.99. The van der Waals surface area contributed by atoms with Gasteiger partial charge in [0.05, 0.1) is 0 Å².